The molecule has 0 fully saturated rings. The van der Waals surface area contributed by atoms with Gasteiger partial charge in [0.25, 0.3) is 0 Å². The van der Waals surface area contributed by atoms with Gasteiger partial charge >= 0.3 is 33.1 Å². The molecule has 0 aliphatic heterocycles. The third-order valence-electron chi connectivity index (χ3n) is 3.69. The van der Waals surface area contributed by atoms with Crippen LogP contribution in [-0.2, 0) is 28.3 Å². The number of carboxylic acids is 3. The number of hydrogen-bond acceptors (Lipinski definition) is 9. The van der Waals surface area contributed by atoms with Crippen LogP contribution in [0.25, 0.3) is 0 Å². The summed E-state index contributed by atoms with van der Waals surface area (Å²) in [5, 5.41) is 37.4. The van der Waals surface area contributed by atoms with Crippen LogP contribution in [0, 0.1) is 0 Å². The number of carbonyl (C=O) groups is 4. The minimum atomic E-state index is -4.90. The molecule has 0 heterocycles. The van der Waals surface area contributed by atoms with E-state index in [1.807, 2.05) is 0 Å². The van der Waals surface area contributed by atoms with Crippen LogP contribution >= 0.6 is 15.2 Å². The maximum absolute atomic E-state index is 11.6. The summed E-state index contributed by atoms with van der Waals surface area (Å²) in [6.45, 7) is -1.69. The van der Waals surface area contributed by atoms with Crippen LogP contribution in [0.1, 0.15) is 6.42 Å². The average molecular weight is 495 g/mol. The molecule has 0 aromatic heterocycles. The zero-order chi connectivity index (χ0) is 24.7. The van der Waals surface area contributed by atoms with E-state index in [1.165, 1.54) is 0 Å². The Hall–Kier alpha value is -1.94. The topological polar surface area (TPSA) is 297 Å². The van der Waals surface area contributed by atoms with Gasteiger partial charge in [0.05, 0.1) is 6.42 Å². The Morgan fingerprint density at radius 1 is 0.806 bits per heavy atom. The average Bonchev–Trinajstić information content (AvgIpc) is 2.52. The maximum atomic E-state index is 11.6. The molecule has 17 nitrogen and oxygen atoms in total. The normalized spacial score (nSPS) is 15.5. The first kappa shape index (κ1) is 29.1. The second kappa shape index (κ2) is 11.6. The Morgan fingerprint density at radius 3 is 1.55 bits per heavy atom. The monoisotopic (exact) mass is 495 g/mol. The van der Waals surface area contributed by atoms with E-state index in [0.29, 0.717) is 9.80 Å². The number of primary amides is 1. The summed E-state index contributed by atoms with van der Waals surface area (Å²) >= 11 is 0. The number of nitrogens with two attached hydrogens (primary N) is 1. The fraction of sp³-hybridized carbons (Fsp3) is 0.667. The molecule has 0 aliphatic rings. The second-order valence-electron chi connectivity index (χ2n) is 6.34. The molecule has 3 unspecified atom stereocenters. The van der Waals surface area contributed by atoms with Crippen LogP contribution in [0.5, 0.6) is 0 Å². The highest BCUT2D eigenvalue weighted by atomic mass is 31.2. The van der Waals surface area contributed by atoms with E-state index in [4.69, 9.17) is 30.4 Å². The van der Waals surface area contributed by atoms with Gasteiger partial charge in [-0.2, -0.15) is 0 Å². The fourth-order valence-electron chi connectivity index (χ4n) is 2.58. The van der Waals surface area contributed by atoms with Crippen LogP contribution in [0.2, 0.25) is 0 Å². The molecule has 0 aromatic rings. The SMILES string of the molecule is NC(=O)CC(C(=O)O)N(CCN(CP(=O)(O)O)CP(=O)(O)O)C(C(=O)O)C(O)C(=O)O. The highest BCUT2D eigenvalue weighted by molar-refractivity contribution is 7.52. The third kappa shape index (κ3) is 11.3. The molecular formula is C12H23N3O14P2. The molecule has 3 atom stereocenters. The molecule has 0 aromatic carbocycles. The van der Waals surface area contributed by atoms with E-state index in [9.17, 15) is 43.6 Å². The van der Waals surface area contributed by atoms with E-state index in [1.54, 1.807) is 0 Å². The third-order valence-corrected chi connectivity index (χ3v) is 5.22. The van der Waals surface area contributed by atoms with Crippen LogP contribution < -0.4 is 5.73 Å². The van der Waals surface area contributed by atoms with Gasteiger partial charge in [0.2, 0.25) is 5.91 Å². The summed E-state index contributed by atoms with van der Waals surface area (Å²) < 4.78 is 22.4. The van der Waals surface area contributed by atoms with Gasteiger partial charge in [-0.15, -0.1) is 0 Å². The number of nitrogens with zero attached hydrogens (tertiary/aromatic N) is 2. The van der Waals surface area contributed by atoms with E-state index >= 15 is 0 Å². The highest BCUT2D eigenvalue weighted by Gasteiger charge is 2.43. The van der Waals surface area contributed by atoms with Crippen LogP contribution in [0.3, 0.4) is 0 Å². The number of rotatable bonds is 15. The Labute approximate surface area is 174 Å². The van der Waals surface area contributed by atoms with E-state index < -0.39 is 89.3 Å². The first-order valence-electron chi connectivity index (χ1n) is 8.07. The molecule has 0 bridgehead atoms. The summed E-state index contributed by atoms with van der Waals surface area (Å²) in [5.74, 6) is -7.18. The van der Waals surface area contributed by atoms with Crippen molar-refractivity contribution in [1.29, 1.82) is 0 Å². The number of carbonyl (C=O) groups excluding carboxylic acids is 1. The lowest BCUT2D eigenvalue weighted by Crippen LogP contribution is -2.59. The summed E-state index contributed by atoms with van der Waals surface area (Å²) in [5.41, 5.74) is 4.93. The van der Waals surface area contributed by atoms with E-state index in [2.05, 4.69) is 0 Å². The molecular weight excluding hydrogens is 472 g/mol. The molecule has 0 saturated heterocycles. The molecule has 10 N–H and O–H groups in total. The summed E-state index contributed by atoms with van der Waals surface area (Å²) in [4.78, 5) is 82.5. The summed E-state index contributed by atoms with van der Waals surface area (Å²) in [6.07, 6.45) is -6.19. The van der Waals surface area contributed by atoms with Crippen molar-refractivity contribution in [3.05, 3.63) is 0 Å². The predicted molar refractivity (Wildman–Crippen MR) is 97.5 cm³/mol. The lowest BCUT2D eigenvalue weighted by Gasteiger charge is -2.36. The van der Waals surface area contributed by atoms with Crippen molar-refractivity contribution >= 4 is 39.0 Å². The van der Waals surface area contributed by atoms with Crippen molar-refractivity contribution < 1.29 is 68.3 Å². The molecule has 31 heavy (non-hydrogen) atoms. The number of aliphatic carboxylic acids is 3. The van der Waals surface area contributed by atoms with E-state index in [0.717, 1.165) is 0 Å². The largest absolute Gasteiger partial charge is 0.480 e. The quantitative estimate of drug-likeness (QED) is 0.0980. The van der Waals surface area contributed by atoms with Crippen LogP contribution in [0.15, 0.2) is 0 Å². The van der Waals surface area contributed by atoms with Crippen LogP contribution in [-0.4, -0.2) is 117 Å². The van der Waals surface area contributed by atoms with Gasteiger partial charge < -0.3 is 45.7 Å². The van der Waals surface area contributed by atoms with Gasteiger partial charge in [-0.25, -0.2) is 4.79 Å². The van der Waals surface area contributed by atoms with Gasteiger partial charge in [0, 0.05) is 13.1 Å². The molecule has 19 heteroatoms. The highest BCUT2D eigenvalue weighted by Crippen LogP contribution is 2.40. The van der Waals surface area contributed by atoms with Crippen molar-refractivity contribution in [2.75, 3.05) is 25.7 Å². The van der Waals surface area contributed by atoms with Crippen molar-refractivity contribution in [2.24, 2.45) is 5.73 Å². The molecule has 1 amide bonds. The van der Waals surface area contributed by atoms with E-state index in [-0.39, 0.29) is 0 Å². The Bertz CT molecular complexity index is 755. The smallest absolute Gasteiger partial charge is 0.339 e. The fourth-order valence-corrected chi connectivity index (χ4v) is 4.27. The zero-order valence-corrected chi connectivity index (χ0v) is 17.4. The molecule has 180 valence electrons. The predicted octanol–water partition coefficient (Wildman–Crippen LogP) is -3.91. The number of hydrogen-bond donors (Lipinski definition) is 9. The Balaban J connectivity index is 6.15. The number of aliphatic hydroxyl groups is 1. The molecule has 0 saturated carbocycles. The Kier molecular flexibility index (Phi) is 10.9. The van der Waals surface area contributed by atoms with Crippen molar-refractivity contribution in [3.8, 4) is 0 Å². The molecule has 0 spiro atoms. The maximum Gasteiger partial charge on any atom is 0.339 e. The Morgan fingerprint density at radius 2 is 1.26 bits per heavy atom. The molecule has 0 aliphatic carbocycles. The van der Waals surface area contributed by atoms with Crippen molar-refractivity contribution in [1.82, 2.24) is 9.80 Å². The number of aliphatic hydroxyl groups excluding tert-OH is 1. The minimum absolute atomic E-state index is 0.320. The summed E-state index contributed by atoms with van der Waals surface area (Å²) in [6, 6.07) is -4.57. The second-order valence-corrected chi connectivity index (χ2v) is 9.56. The molecule has 0 rings (SSSR count). The standard InChI is InChI=1S/C12H23N3O14P2/c13-7(16)3-6(10(18)19)15(8(11(20)21)9(17)12(22)23)2-1-14(4-30(24,25)26)5-31(27,28)29/h6,8-9,17H,1-5H2,(H2,13,16)(H,18,19)(H,20,21)(H,22,23)(H2,24,25,26)(H2,27,28,29). The van der Waals surface area contributed by atoms with Gasteiger partial charge in [0.1, 0.15) is 24.7 Å². The molecule has 0 radical (unpaired) electrons. The van der Waals surface area contributed by atoms with Crippen LogP contribution in [0.4, 0.5) is 0 Å². The van der Waals surface area contributed by atoms with Crippen molar-refractivity contribution in [3.63, 3.8) is 0 Å². The van der Waals surface area contributed by atoms with Gasteiger partial charge in [-0.1, -0.05) is 0 Å². The lowest BCUT2D eigenvalue weighted by atomic mass is 10.0. The summed E-state index contributed by atoms with van der Waals surface area (Å²) in [7, 11) is -9.79. The van der Waals surface area contributed by atoms with Crippen molar-refractivity contribution in [2.45, 2.75) is 24.6 Å². The first-order chi connectivity index (χ1) is 13.9. The number of amides is 1. The minimum Gasteiger partial charge on any atom is -0.480 e. The lowest BCUT2D eigenvalue weighted by molar-refractivity contribution is -0.166. The first-order valence-corrected chi connectivity index (χ1v) is 11.7. The van der Waals surface area contributed by atoms with Gasteiger partial charge in [-0.05, 0) is 0 Å². The zero-order valence-electron chi connectivity index (χ0n) is 15.7. The number of carboxylic acid groups (broad SMARTS) is 3. The van der Waals surface area contributed by atoms with Gasteiger partial charge in [-0.3, -0.25) is 33.3 Å². The van der Waals surface area contributed by atoms with Gasteiger partial charge in [0.15, 0.2) is 6.10 Å².